The van der Waals surface area contributed by atoms with Crippen molar-refractivity contribution in [3.63, 3.8) is 0 Å². The number of carboxylic acids is 1. The highest BCUT2D eigenvalue weighted by Gasteiger charge is 2.26. The Hall–Kier alpha value is -3.22. The summed E-state index contributed by atoms with van der Waals surface area (Å²) >= 11 is 0. The van der Waals surface area contributed by atoms with Crippen molar-refractivity contribution in [2.75, 3.05) is 11.9 Å². The van der Waals surface area contributed by atoms with Gasteiger partial charge in [-0.15, -0.1) is 0 Å². The van der Waals surface area contributed by atoms with E-state index in [4.69, 9.17) is 0 Å². The third-order valence-electron chi connectivity index (χ3n) is 4.91. The maximum atomic E-state index is 13.0. The lowest BCUT2D eigenvalue weighted by Crippen LogP contribution is -2.34. The highest BCUT2D eigenvalue weighted by atomic mass is 19.1. The number of nitrogens with one attached hydrogen (secondary N) is 2. The van der Waals surface area contributed by atoms with Crippen LogP contribution >= 0.6 is 0 Å². The number of aliphatic carboxylic acids is 1. The van der Waals surface area contributed by atoms with Crippen molar-refractivity contribution >= 4 is 23.5 Å². The molecule has 0 aromatic heterocycles. The lowest BCUT2D eigenvalue weighted by molar-refractivity contribution is -0.138. The molecule has 0 bridgehead atoms. The Bertz CT molecular complexity index is 882. The molecule has 1 heterocycles. The molecule has 3 rings (SSSR count). The van der Waals surface area contributed by atoms with Crippen LogP contribution in [0.25, 0.3) is 0 Å². The molecule has 146 valence electrons. The van der Waals surface area contributed by atoms with Crippen LogP contribution in [0.15, 0.2) is 48.5 Å². The fourth-order valence-corrected chi connectivity index (χ4v) is 3.30. The van der Waals surface area contributed by atoms with E-state index in [-0.39, 0.29) is 30.7 Å². The van der Waals surface area contributed by atoms with Crippen LogP contribution in [0.1, 0.15) is 29.9 Å². The van der Waals surface area contributed by atoms with E-state index in [1.165, 1.54) is 24.3 Å². The van der Waals surface area contributed by atoms with Crippen molar-refractivity contribution in [1.29, 1.82) is 0 Å². The summed E-state index contributed by atoms with van der Waals surface area (Å²) in [4.78, 5) is 35.8. The predicted octanol–water partition coefficient (Wildman–Crippen LogP) is 2.70. The van der Waals surface area contributed by atoms with Gasteiger partial charge in [0.25, 0.3) is 0 Å². The van der Waals surface area contributed by atoms with E-state index >= 15 is 0 Å². The van der Waals surface area contributed by atoms with Crippen molar-refractivity contribution in [3.8, 4) is 0 Å². The highest BCUT2D eigenvalue weighted by molar-refractivity contribution is 5.96. The van der Waals surface area contributed by atoms with E-state index in [2.05, 4.69) is 10.6 Å². The van der Waals surface area contributed by atoms with E-state index < -0.39 is 17.7 Å². The number of carboxylic acid groups (broad SMARTS) is 1. The number of hydrogen-bond donors (Lipinski definition) is 3. The minimum absolute atomic E-state index is 0.0977. The third-order valence-corrected chi connectivity index (χ3v) is 4.91. The number of carbonyl (C=O) groups is 3. The molecule has 2 atom stereocenters. The number of carbonyl (C=O) groups excluding carboxylic acids is 2. The van der Waals surface area contributed by atoms with Crippen LogP contribution in [0.2, 0.25) is 0 Å². The second-order valence-electron chi connectivity index (χ2n) is 6.83. The van der Waals surface area contributed by atoms with Gasteiger partial charge in [0.1, 0.15) is 5.82 Å². The number of anilines is 1. The van der Waals surface area contributed by atoms with E-state index in [0.717, 1.165) is 11.3 Å². The molecule has 2 aromatic carbocycles. The minimum atomic E-state index is -1.10. The lowest BCUT2D eigenvalue weighted by atomic mass is 9.89. The van der Waals surface area contributed by atoms with Crippen LogP contribution in [0.5, 0.6) is 0 Å². The largest absolute Gasteiger partial charge is 0.481 e. The van der Waals surface area contributed by atoms with Crippen LogP contribution in [-0.2, 0) is 20.8 Å². The van der Waals surface area contributed by atoms with Gasteiger partial charge in [-0.25, -0.2) is 4.39 Å². The molecule has 1 aliphatic rings. The van der Waals surface area contributed by atoms with Crippen molar-refractivity contribution < 1.29 is 23.9 Å². The summed E-state index contributed by atoms with van der Waals surface area (Å²) in [6.07, 6.45) is 1.07. The Morgan fingerprint density at radius 1 is 1.18 bits per heavy atom. The zero-order valence-corrected chi connectivity index (χ0v) is 15.2. The van der Waals surface area contributed by atoms with Gasteiger partial charge < -0.3 is 15.7 Å². The fraction of sp³-hybridized carbons (Fsp3) is 0.286. The zero-order valence-electron chi connectivity index (χ0n) is 15.2. The number of halogens is 1. The van der Waals surface area contributed by atoms with Crippen molar-refractivity contribution in [2.24, 2.45) is 5.92 Å². The molecule has 0 saturated heterocycles. The molecule has 0 fully saturated rings. The zero-order chi connectivity index (χ0) is 20.1. The van der Waals surface area contributed by atoms with Crippen molar-refractivity contribution in [1.82, 2.24) is 5.32 Å². The van der Waals surface area contributed by atoms with E-state index in [9.17, 15) is 23.9 Å². The molecule has 2 amide bonds. The first-order valence-corrected chi connectivity index (χ1v) is 9.08. The molecule has 2 unspecified atom stereocenters. The van der Waals surface area contributed by atoms with Gasteiger partial charge in [-0.05, 0) is 42.2 Å². The topological polar surface area (TPSA) is 95.5 Å². The van der Waals surface area contributed by atoms with Gasteiger partial charge in [0.2, 0.25) is 11.8 Å². The molecule has 0 aliphatic carbocycles. The maximum Gasteiger partial charge on any atom is 0.312 e. The number of rotatable bonds is 7. The van der Waals surface area contributed by atoms with Gasteiger partial charge in [0.05, 0.1) is 5.92 Å². The Labute approximate surface area is 161 Å². The van der Waals surface area contributed by atoms with E-state index in [1.54, 1.807) is 0 Å². The van der Waals surface area contributed by atoms with Crippen molar-refractivity contribution in [3.05, 3.63) is 65.5 Å². The van der Waals surface area contributed by atoms with E-state index in [1.807, 2.05) is 24.3 Å². The van der Waals surface area contributed by atoms with Gasteiger partial charge in [-0.2, -0.15) is 0 Å². The molecular weight excluding hydrogens is 363 g/mol. The number of fused-ring (bicyclic) bond motifs is 1. The highest BCUT2D eigenvalue weighted by Crippen LogP contribution is 2.27. The summed E-state index contributed by atoms with van der Waals surface area (Å²) < 4.78 is 13.0. The standard InChI is InChI=1S/C21H21FN2O4/c22-16-8-5-13(6-9-16)17(21(27)28)12-23-19(25)10-7-15-11-14-3-1-2-4-18(14)24-20(15)26/h1-6,8-9,15,17H,7,10-12H2,(H,23,25)(H,24,26)(H,27,28). The van der Waals surface area contributed by atoms with E-state index in [0.29, 0.717) is 18.4 Å². The van der Waals surface area contributed by atoms with Crippen LogP contribution in [0.4, 0.5) is 10.1 Å². The Kier molecular flexibility index (Phi) is 6.03. The molecular formula is C21H21FN2O4. The van der Waals surface area contributed by atoms with Crippen LogP contribution in [0.3, 0.4) is 0 Å². The molecule has 0 saturated carbocycles. The molecule has 28 heavy (non-hydrogen) atoms. The summed E-state index contributed by atoms with van der Waals surface area (Å²) in [6.45, 7) is -0.0977. The second kappa shape index (κ2) is 8.65. The van der Waals surface area contributed by atoms with Gasteiger partial charge in [-0.1, -0.05) is 30.3 Å². The Balaban J connectivity index is 1.52. The fourth-order valence-electron chi connectivity index (χ4n) is 3.30. The first-order chi connectivity index (χ1) is 13.4. The maximum absolute atomic E-state index is 13.0. The summed E-state index contributed by atoms with van der Waals surface area (Å²) in [6, 6.07) is 12.7. The van der Waals surface area contributed by atoms with Gasteiger partial charge in [0.15, 0.2) is 0 Å². The number of hydrogen-bond acceptors (Lipinski definition) is 3. The normalized spacial score (nSPS) is 16.6. The second-order valence-corrected chi connectivity index (χ2v) is 6.83. The number of amides is 2. The monoisotopic (exact) mass is 384 g/mol. The summed E-state index contributed by atoms with van der Waals surface area (Å²) in [5.41, 5.74) is 2.25. The minimum Gasteiger partial charge on any atom is -0.481 e. The van der Waals surface area contributed by atoms with Crippen LogP contribution in [0, 0.1) is 11.7 Å². The Morgan fingerprint density at radius 2 is 1.89 bits per heavy atom. The Morgan fingerprint density at radius 3 is 2.61 bits per heavy atom. The molecule has 0 spiro atoms. The predicted molar refractivity (Wildman–Crippen MR) is 101 cm³/mol. The molecule has 0 radical (unpaired) electrons. The first-order valence-electron chi connectivity index (χ1n) is 9.08. The average molecular weight is 384 g/mol. The average Bonchev–Trinajstić information content (AvgIpc) is 2.67. The number of para-hydroxylation sites is 1. The first kappa shape index (κ1) is 19.5. The van der Waals surface area contributed by atoms with Crippen LogP contribution in [-0.4, -0.2) is 29.4 Å². The molecule has 6 nitrogen and oxygen atoms in total. The SMILES string of the molecule is O=C(CCC1Cc2ccccc2NC1=O)NCC(C(=O)O)c1ccc(F)cc1. The summed E-state index contributed by atoms with van der Waals surface area (Å²) in [5.74, 6) is -3.25. The molecule has 7 heteroatoms. The molecule has 2 aromatic rings. The van der Waals surface area contributed by atoms with Gasteiger partial charge >= 0.3 is 5.97 Å². The lowest BCUT2D eigenvalue weighted by Gasteiger charge is -2.24. The summed E-state index contributed by atoms with van der Waals surface area (Å²) in [5, 5.41) is 14.8. The van der Waals surface area contributed by atoms with Gasteiger partial charge in [0, 0.05) is 24.6 Å². The van der Waals surface area contributed by atoms with Crippen LogP contribution < -0.4 is 10.6 Å². The smallest absolute Gasteiger partial charge is 0.312 e. The summed E-state index contributed by atoms with van der Waals surface area (Å²) in [7, 11) is 0. The third kappa shape index (κ3) is 4.73. The molecule has 1 aliphatic heterocycles. The quantitative estimate of drug-likeness (QED) is 0.684. The molecule has 3 N–H and O–H groups in total. The van der Waals surface area contributed by atoms with Gasteiger partial charge in [-0.3, -0.25) is 14.4 Å². The number of benzene rings is 2. The van der Waals surface area contributed by atoms with Crippen molar-refractivity contribution in [2.45, 2.75) is 25.2 Å².